The highest BCUT2D eigenvalue weighted by atomic mass is 16.5. The summed E-state index contributed by atoms with van der Waals surface area (Å²) in [6, 6.07) is 8.65. The maximum atomic E-state index is 5.60. The predicted molar refractivity (Wildman–Crippen MR) is 122 cm³/mol. The Labute approximate surface area is 181 Å². The Hall–Kier alpha value is -1.67. The van der Waals surface area contributed by atoms with Crippen LogP contribution in [0.2, 0.25) is 0 Å². The molecular weight excluding hydrogens is 378 g/mol. The molecule has 2 aliphatic rings. The lowest BCUT2D eigenvalue weighted by Crippen LogP contribution is -2.57. The minimum atomic E-state index is 0.114. The van der Waals surface area contributed by atoms with Crippen molar-refractivity contribution in [3.05, 3.63) is 35.4 Å². The summed E-state index contributed by atoms with van der Waals surface area (Å²) in [5, 5.41) is 7.01. The van der Waals surface area contributed by atoms with Crippen LogP contribution in [-0.2, 0) is 22.6 Å². The predicted octanol–water partition coefficient (Wildman–Crippen LogP) is 1.68. The van der Waals surface area contributed by atoms with E-state index in [0.29, 0.717) is 6.54 Å². The van der Waals surface area contributed by atoms with Crippen LogP contribution in [-0.4, -0.2) is 88.0 Å². The molecule has 7 nitrogen and oxygen atoms in total. The minimum Gasteiger partial charge on any atom is -0.381 e. The van der Waals surface area contributed by atoms with Crippen LogP contribution < -0.4 is 10.6 Å². The zero-order chi connectivity index (χ0) is 21.2. The summed E-state index contributed by atoms with van der Waals surface area (Å²) in [6.07, 6.45) is 2.07. The van der Waals surface area contributed by atoms with Crippen molar-refractivity contribution in [2.45, 2.75) is 38.4 Å². The lowest BCUT2D eigenvalue weighted by atomic mass is 9.88. The molecular formula is C23H39N5O2. The molecule has 2 aliphatic heterocycles. The highest BCUT2D eigenvalue weighted by Gasteiger charge is 2.34. The Morgan fingerprint density at radius 2 is 1.70 bits per heavy atom. The molecule has 0 aliphatic carbocycles. The van der Waals surface area contributed by atoms with Crippen LogP contribution in [0.25, 0.3) is 0 Å². The van der Waals surface area contributed by atoms with Gasteiger partial charge in [0.2, 0.25) is 0 Å². The zero-order valence-corrected chi connectivity index (χ0v) is 19.0. The van der Waals surface area contributed by atoms with Gasteiger partial charge in [-0.15, -0.1) is 0 Å². The molecule has 2 heterocycles. The minimum absolute atomic E-state index is 0.114. The quantitative estimate of drug-likeness (QED) is 0.496. The Balaban J connectivity index is 1.64. The maximum absolute atomic E-state index is 5.60. The SMILES string of the molecule is CCNC(=NCc1ccccc1CN1CCOCC1)NCC1(N(C)C)CCOCC1. The molecule has 2 fully saturated rings. The monoisotopic (exact) mass is 417 g/mol. The van der Waals surface area contributed by atoms with Crippen LogP contribution >= 0.6 is 0 Å². The molecule has 0 atom stereocenters. The molecule has 2 N–H and O–H groups in total. The van der Waals surface area contributed by atoms with Crippen LogP contribution in [0, 0.1) is 0 Å². The van der Waals surface area contributed by atoms with E-state index in [2.05, 4.69) is 65.7 Å². The largest absolute Gasteiger partial charge is 0.381 e. The number of guanidine groups is 1. The highest BCUT2D eigenvalue weighted by Crippen LogP contribution is 2.25. The van der Waals surface area contributed by atoms with Gasteiger partial charge in [0.05, 0.1) is 19.8 Å². The van der Waals surface area contributed by atoms with E-state index in [4.69, 9.17) is 14.5 Å². The number of likely N-dealkylation sites (N-methyl/N-ethyl adjacent to an activating group) is 1. The molecule has 2 saturated heterocycles. The van der Waals surface area contributed by atoms with Crippen molar-refractivity contribution >= 4 is 5.96 Å². The number of benzene rings is 1. The first-order chi connectivity index (χ1) is 14.6. The second-order valence-electron chi connectivity index (χ2n) is 8.44. The van der Waals surface area contributed by atoms with Crippen molar-refractivity contribution < 1.29 is 9.47 Å². The van der Waals surface area contributed by atoms with E-state index in [0.717, 1.165) is 78.0 Å². The maximum Gasteiger partial charge on any atom is 0.191 e. The van der Waals surface area contributed by atoms with Gasteiger partial charge in [0.1, 0.15) is 0 Å². The van der Waals surface area contributed by atoms with Crippen LogP contribution in [0.3, 0.4) is 0 Å². The first kappa shape index (κ1) is 23.0. The Morgan fingerprint density at radius 3 is 2.37 bits per heavy atom. The van der Waals surface area contributed by atoms with E-state index in [1.807, 2.05) is 0 Å². The van der Waals surface area contributed by atoms with Crippen LogP contribution in [0.4, 0.5) is 0 Å². The Morgan fingerprint density at radius 1 is 1.03 bits per heavy atom. The summed E-state index contributed by atoms with van der Waals surface area (Å²) < 4.78 is 11.1. The van der Waals surface area contributed by atoms with Gasteiger partial charge >= 0.3 is 0 Å². The van der Waals surface area contributed by atoms with Gasteiger partial charge in [0, 0.05) is 51.5 Å². The molecule has 0 aromatic heterocycles. The van der Waals surface area contributed by atoms with Gasteiger partial charge in [-0.05, 0) is 45.0 Å². The summed E-state index contributed by atoms with van der Waals surface area (Å²) in [7, 11) is 4.33. The normalized spacial score (nSPS) is 20.3. The van der Waals surface area contributed by atoms with Gasteiger partial charge in [-0.1, -0.05) is 24.3 Å². The molecule has 7 heteroatoms. The highest BCUT2D eigenvalue weighted by molar-refractivity contribution is 5.79. The van der Waals surface area contributed by atoms with Crippen molar-refractivity contribution in [1.29, 1.82) is 0 Å². The molecule has 30 heavy (non-hydrogen) atoms. The molecule has 0 bridgehead atoms. The molecule has 0 radical (unpaired) electrons. The summed E-state index contributed by atoms with van der Waals surface area (Å²) >= 11 is 0. The zero-order valence-electron chi connectivity index (χ0n) is 19.0. The van der Waals surface area contributed by atoms with Crippen molar-refractivity contribution in [3.8, 4) is 0 Å². The van der Waals surface area contributed by atoms with Gasteiger partial charge in [-0.25, -0.2) is 4.99 Å². The smallest absolute Gasteiger partial charge is 0.191 e. The standard InChI is InChI=1S/C23H39N5O2/c1-4-24-22(26-19-23(27(2)3)9-13-29-14-10-23)25-17-20-7-5-6-8-21(20)18-28-11-15-30-16-12-28/h5-8H,4,9-19H2,1-3H3,(H2,24,25,26). The third-order valence-corrected chi connectivity index (χ3v) is 6.32. The molecule has 168 valence electrons. The van der Waals surface area contributed by atoms with Gasteiger partial charge in [0.25, 0.3) is 0 Å². The van der Waals surface area contributed by atoms with Crippen molar-refractivity contribution in [2.24, 2.45) is 4.99 Å². The van der Waals surface area contributed by atoms with E-state index in [1.165, 1.54) is 11.1 Å². The van der Waals surface area contributed by atoms with Crippen molar-refractivity contribution in [2.75, 3.05) is 66.7 Å². The topological polar surface area (TPSA) is 61.4 Å². The molecule has 1 aromatic rings. The molecule has 0 saturated carbocycles. The van der Waals surface area contributed by atoms with E-state index >= 15 is 0 Å². The number of rotatable bonds is 8. The fourth-order valence-corrected chi connectivity index (χ4v) is 4.15. The second-order valence-corrected chi connectivity index (χ2v) is 8.44. The number of hydrogen-bond acceptors (Lipinski definition) is 5. The number of morpholine rings is 1. The van der Waals surface area contributed by atoms with Crippen LogP contribution in [0.15, 0.2) is 29.3 Å². The average Bonchev–Trinajstić information content (AvgIpc) is 2.78. The van der Waals surface area contributed by atoms with Crippen molar-refractivity contribution in [3.63, 3.8) is 0 Å². The summed E-state index contributed by atoms with van der Waals surface area (Å²) in [6.45, 7) is 10.8. The fraction of sp³-hybridized carbons (Fsp3) is 0.696. The third kappa shape index (κ3) is 6.41. The lowest BCUT2D eigenvalue weighted by Gasteiger charge is -2.43. The number of nitrogens with one attached hydrogen (secondary N) is 2. The molecule has 0 unspecified atom stereocenters. The molecule has 1 aromatic carbocycles. The number of aliphatic imine (C=N–C) groups is 1. The average molecular weight is 418 g/mol. The van der Waals surface area contributed by atoms with Gasteiger partial charge < -0.3 is 25.0 Å². The van der Waals surface area contributed by atoms with Crippen LogP contribution in [0.1, 0.15) is 30.9 Å². The van der Waals surface area contributed by atoms with Crippen LogP contribution in [0.5, 0.6) is 0 Å². The lowest BCUT2D eigenvalue weighted by molar-refractivity contribution is -0.00501. The number of nitrogens with zero attached hydrogens (tertiary/aromatic N) is 3. The second kappa shape index (κ2) is 11.6. The third-order valence-electron chi connectivity index (χ3n) is 6.32. The molecule has 3 rings (SSSR count). The molecule has 0 spiro atoms. The van der Waals surface area contributed by atoms with E-state index < -0.39 is 0 Å². The first-order valence-electron chi connectivity index (χ1n) is 11.3. The van der Waals surface area contributed by atoms with Gasteiger partial charge in [-0.3, -0.25) is 4.90 Å². The van der Waals surface area contributed by atoms with Gasteiger partial charge in [-0.2, -0.15) is 0 Å². The van der Waals surface area contributed by atoms with E-state index in [1.54, 1.807) is 0 Å². The number of hydrogen-bond donors (Lipinski definition) is 2. The Kier molecular flexibility index (Phi) is 8.93. The summed E-state index contributed by atoms with van der Waals surface area (Å²) in [5.74, 6) is 0.881. The van der Waals surface area contributed by atoms with E-state index in [9.17, 15) is 0 Å². The summed E-state index contributed by atoms with van der Waals surface area (Å²) in [4.78, 5) is 9.71. The van der Waals surface area contributed by atoms with Gasteiger partial charge in [0.15, 0.2) is 5.96 Å². The van der Waals surface area contributed by atoms with E-state index in [-0.39, 0.29) is 5.54 Å². The molecule has 0 amide bonds. The summed E-state index contributed by atoms with van der Waals surface area (Å²) in [5.41, 5.74) is 2.76. The van der Waals surface area contributed by atoms with Crippen molar-refractivity contribution in [1.82, 2.24) is 20.4 Å². The fourth-order valence-electron chi connectivity index (χ4n) is 4.15. The number of ether oxygens (including phenoxy) is 2. The first-order valence-corrected chi connectivity index (χ1v) is 11.3. The Bertz CT molecular complexity index is 667.